The lowest BCUT2D eigenvalue weighted by Crippen LogP contribution is -2.18. The van der Waals surface area contributed by atoms with Crippen molar-refractivity contribution < 1.29 is 4.79 Å². The van der Waals surface area contributed by atoms with Crippen LogP contribution >= 0.6 is 0 Å². The molecule has 6 nitrogen and oxygen atoms in total. The number of pyridine rings is 1. The lowest BCUT2D eigenvalue weighted by molar-refractivity contribution is 0.102. The number of benzene rings is 2. The van der Waals surface area contributed by atoms with E-state index in [0.717, 1.165) is 11.1 Å². The molecular weight excluding hydrogens is 350 g/mol. The topological polar surface area (TPSA) is 93.8 Å². The van der Waals surface area contributed by atoms with Gasteiger partial charge in [-0.1, -0.05) is 66.7 Å². The SMILES string of the molecule is Nc1nc(-c2ccccc2)c(-c2ccccc2)nc1C(=O)Nc1ccccn1. The molecule has 136 valence electrons. The molecule has 28 heavy (non-hydrogen) atoms. The summed E-state index contributed by atoms with van der Waals surface area (Å²) in [6.07, 6.45) is 1.60. The summed E-state index contributed by atoms with van der Waals surface area (Å²) in [7, 11) is 0. The first kappa shape index (κ1) is 17.4. The molecule has 2 aromatic carbocycles. The van der Waals surface area contributed by atoms with E-state index in [0.29, 0.717) is 17.2 Å². The number of hydrogen-bond donors (Lipinski definition) is 2. The summed E-state index contributed by atoms with van der Waals surface area (Å²) in [5.74, 6) is 0.0227. The van der Waals surface area contributed by atoms with E-state index in [-0.39, 0.29) is 11.5 Å². The second-order valence-corrected chi connectivity index (χ2v) is 6.06. The normalized spacial score (nSPS) is 10.4. The minimum atomic E-state index is -0.458. The maximum atomic E-state index is 12.7. The largest absolute Gasteiger partial charge is 0.382 e. The van der Waals surface area contributed by atoms with Crippen LogP contribution in [0.2, 0.25) is 0 Å². The molecule has 1 amide bonds. The van der Waals surface area contributed by atoms with Crippen molar-refractivity contribution in [2.75, 3.05) is 11.1 Å². The number of nitrogens with two attached hydrogens (primary N) is 1. The molecule has 2 aromatic heterocycles. The Morgan fingerprint density at radius 1 is 0.750 bits per heavy atom. The maximum absolute atomic E-state index is 12.7. The number of nitrogens with zero attached hydrogens (tertiary/aromatic N) is 3. The van der Waals surface area contributed by atoms with Gasteiger partial charge in [-0.2, -0.15) is 0 Å². The first-order chi connectivity index (χ1) is 13.7. The number of nitrogens with one attached hydrogen (secondary N) is 1. The molecule has 3 N–H and O–H groups in total. The summed E-state index contributed by atoms with van der Waals surface area (Å²) in [5.41, 5.74) is 9.10. The first-order valence-electron chi connectivity index (χ1n) is 8.73. The van der Waals surface area contributed by atoms with E-state index in [9.17, 15) is 4.79 Å². The van der Waals surface area contributed by atoms with Crippen molar-refractivity contribution in [3.05, 3.63) is 90.8 Å². The van der Waals surface area contributed by atoms with Crippen LogP contribution in [0.25, 0.3) is 22.5 Å². The van der Waals surface area contributed by atoms with Gasteiger partial charge in [-0.25, -0.2) is 15.0 Å². The Hall–Kier alpha value is -4.06. The predicted octanol–water partition coefficient (Wildman–Crippen LogP) is 4.04. The molecule has 2 heterocycles. The van der Waals surface area contributed by atoms with E-state index in [1.807, 2.05) is 60.7 Å². The monoisotopic (exact) mass is 367 g/mol. The second-order valence-electron chi connectivity index (χ2n) is 6.06. The summed E-state index contributed by atoms with van der Waals surface area (Å²) in [6.45, 7) is 0. The second kappa shape index (κ2) is 7.67. The van der Waals surface area contributed by atoms with Crippen molar-refractivity contribution >= 4 is 17.5 Å². The Morgan fingerprint density at radius 2 is 1.32 bits per heavy atom. The summed E-state index contributed by atoms with van der Waals surface area (Å²) < 4.78 is 0. The van der Waals surface area contributed by atoms with E-state index in [1.165, 1.54) is 0 Å². The quantitative estimate of drug-likeness (QED) is 0.568. The molecule has 0 unspecified atom stereocenters. The van der Waals surface area contributed by atoms with E-state index >= 15 is 0 Å². The van der Waals surface area contributed by atoms with Crippen molar-refractivity contribution in [1.82, 2.24) is 15.0 Å². The van der Waals surface area contributed by atoms with Crippen LogP contribution in [0.5, 0.6) is 0 Å². The summed E-state index contributed by atoms with van der Waals surface area (Å²) >= 11 is 0. The van der Waals surface area contributed by atoms with E-state index in [1.54, 1.807) is 24.4 Å². The minimum Gasteiger partial charge on any atom is -0.382 e. The van der Waals surface area contributed by atoms with Gasteiger partial charge < -0.3 is 11.1 Å². The molecule has 4 rings (SSSR count). The fourth-order valence-electron chi connectivity index (χ4n) is 2.82. The highest BCUT2D eigenvalue weighted by Gasteiger charge is 2.20. The number of carbonyl (C=O) groups excluding carboxylic acids is 1. The third-order valence-electron chi connectivity index (χ3n) is 4.14. The standard InChI is InChI=1S/C22H17N5O/c23-21-20(22(28)25-17-13-7-8-14-24-17)26-18(15-9-3-1-4-10-15)19(27-21)16-11-5-2-6-12-16/h1-14H,(H2,23,27)(H,24,25,28). The molecule has 0 saturated carbocycles. The van der Waals surface area contributed by atoms with E-state index in [2.05, 4.69) is 20.3 Å². The Labute approximate surface area is 162 Å². The van der Waals surface area contributed by atoms with Crippen LogP contribution in [0.4, 0.5) is 11.6 Å². The molecule has 0 fully saturated rings. The van der Waals surface area contributed by atoms with Crippen LogP contribution in [-0.4, -0.2) is 20.9 Å². The third kappa shape index (κ3) is 3.57. The number of rotatable bonds is 4. The molecule has 0 saturated heterocycles. The zero-order valence-corrected chi connectivity index (χ0v) is 14.9. The zero-order chi connectivity index (χ0) is 19.3. The fraction of sp³-hybridized carbons (Fsp3) is 0. The van der Waals surface area contributed by atoms with Gasteiger partial charge in [0, 0.05) is 17.3 Å². The van der Waals surface area contributed by atoms with Gasteiger partial charge in [0.2, 0.25) is 0 Å². The van der Waals surface area contributed by atoms with Gasteiger partial charge in [0.1, 0.15) is 5.82 Å². The number of nitrogen functional groups attached to an aromatic ring is 1. The molecule has 0 aliphatic rings. The summed E-state index contributed by atoms with van der Waals surface area (Å²) in [6, 6.07) is 24.5. The van der Waals surface area contributed by atoms with Gasteiger partial charge in [0.25, 0.3) is 5.91 Å². The Kier molecular flexibility index (Phi) is 4.76. The molecule has 4 aromatic rings. The number of hydrogen-bond acceptors (Lipinski definition) is 5. The van der Waals surface area contributed by atoms with Crippen LogP contribution in [0, 0.1) is 0 Å². The van der Waals surface area contributed by atoms with E-state index in [4.69, 9.17) is 5.73 Å². The van der Waals surface area contributed by atoms with Crippen molar-refractivity contribution in [1.29, 1.82) is 0 Å². The van der Waals surface area contributed by atoms with Gasteiger partial charge in [0.15, 0.2) is 11.5 Å². The lowest BCUT2D eigenvalue weighted by atomic mass is 10.0. The molecule has 0 atom stereocenters. The van der Waals surface area contributed by atoms with Crippen molar-refractivity contribution in [3.63, 3.8) is 0 Å². The third-order valence-corrected chi connectivity index (χ3v) is 4.14. The zero-order valence-electron chi connectivity index (χ0n) is 14.9. The van der Waals surface area contributed by atoms with Crippen LogP contribution in [0.3, 0.4) is 0 Å². The fourth-order valence-corrected chi connectivity index (χ4v) is 2.82. The molecule has 0 spiro atoms. The molecular formula is C22H17N5O. The van der Waals surface area contributed by atoms with Gasteiger partial charge in [-0.05, 0) is 12.1 Å². The van der Waals surface area contributed by atoms with Crippen molar-refractivity contribution in [3.8, 4) is 22.5 Å². The number of anilines is 2. The Morgan fingerprint density at radius 3 is 1.89 bits per heavy atom. The smallest absolute Gasteiger partial charge is 0.279 e. The highest BCUT2D eigenvalue weighted by molar-refractivity contribution is 6.06. The van der Waals surface area contributed by atoms with Crippen molar-refractivity contribution in [2.45, 2.75) is 0 Å². The lowest BCUT2D eigenvalue weighted by Gasteiger charge is -2.13. The van der Waals surface area contributed by atoms with Crippen LogP contribution in [0.15, 0.2) is 85.1 Å². The highest BCUT2D eigenvalue weighted by atomic mass is 16.2. The first-order valence-corrected chi connectivity index (χ1v) is 8.73. The summed E-state index contributed by atoms with van der Waals surface area (Å²) in [5, 5.41) is 2.70. The number of carbonyl (C=O) groups is 1. The molecule has 0 aliphatic heterocycles. The Bertz CT molecular complexity index is 1100. The van der Waals surface area contributed by atoms with Crippen LogP contribution in [0.1, 0.15) is 10.5 Å². The average Bonchev–Trinajstić information content (AvgIpc) is 2.75. The van der Waals surface area contributed by atoms with Gasteiger partial charge in [-0.15, -0.1) is 0 Å². The number of amides is 1. The van der Waals surface area contributed by atoms with Gasteiger partial charge in [-0.3, -0.25) is 4.79 Å². The van der Waals surface area contributed by atoms with Crippen molar-refractivity contribution in [2.24, 2.45) is 0 Å². The van der Waals surface area contributed by atoms with Gasteiger partial charge >= 0.3 is 0 Å². The molecule has 0 bridgehead atoms. The Balaban J connectivity index is 1.82. The van der Waals surface area contributed by atoms with E-state index < -0.39 is 5.91 Å². The highest BCUT2D eigenvalue weighted by Crippen LogP contribution is 2.30. The minimum absolute atomic E-state index is 0.0594. The van der Waals surface area contributed by atoms with Crippen LogP contribution < -0.4 is 11.1 Å². The van der Waals surface area contributed by atoms with Crippen LogP contribution in [-0.2, 0) is 0 Å². The predicted molar refractivity (Wildman–Crippen MR) is 110 cm³/mol. The molecule has 0 radical (unpaired) electrons. The number of aromatic nitrogens is 3. The molecule has 6 heteroatoms. The maximum Gasteiger partial charge on any atom is 0.279 e. The summed E-state index contributed by atoms with van der Waals surface area (Å²) in [4.78, 5) is 25.9. The van der Waals surface area contributed by atoms with Gasteiger partial charge in [0.05, 0.1) is 11.4 Å². The molecule has 0 aliphatic carbocycles. The average molecular weight is 367 g/mol.